The number of rotatable bonds is 10. The molecule has 0 aromatic heterocycles. The van der Waals surface area contributed by atoms with Crippen molar-refractivity contribution in [3.8, 4) is 11.5 Å². The lowest BCUT2D eigenvalue weighted by molar-refractivity contribution is -0.166. The number of methoxy groups -OCH3 is 3. The summed E-state index contributed by atoms with van der Waals surface area (Å²) in [5, 5.41) is 0. The van der Waals surface area contributed by atoms with Gasteiger partial charge in [0.05, 0.1) is 14.2 Å². The molecule has 2 aromatic rings. The van der Waals surface area contributed by atoms with Crippen molar-refractivity contribution in [1.29, 1.82) is 0 Å². The molecule has 2 aromatic carbocycles. The van der Waals surface area contributed by atoms with Crippen LogP contribution in [-0.2, 0) is 20.8 Å². The summed E-state index contributed by atoms with van der Waals surface area (Å²) in [5.41, 5.74) is 1.07. The molecule has 0 N–H and O–H groups in total. The van der Waals surface area contributed by atoms with Crippen molar-refractivity contribution in [2.45, 2.75) is 12.8 Å². The van der Waals surface area contributed by atoms with Crippen LogP contribution in [0.15, 0.2) is 54.6 Å². The van der Waals surface area contributed by atoms with Crippen LogP contribution >= 0.6 is 0 Å². The molecule has 1 atom stereocenters. The average molecular weight is 359 g/mol. The van der Waals surface area contributed by atoms with E-state index in [1.54, 1.807) is 7.11 Å². The first-order valence-electron chi connectivity index (χ1n) is 8.33. The highest BCUT2D eigenvalue weighted by Gasteiger charge is 2.26. The summed E-state index contributed by atoms with van der Waals surface area (Å²) in [4.78, 5) is 13.9. The number of carbonyl (C=O) groups excluding carboxylic acids is 1. The van der Waals surface area contributed by atoms with Crippen LogP contribution in [0.3, 0.4) is 0 Å². The van der Waals surface area contributed by atoms with Gasteiger partial charge in [0.25, 0.3) is 0 Å². The first-order chi connectivity index (χ1) is 12.7. The molecule has 0 aliphatic carbocycles. The summed E-state index contributed by atoms with van der Waals surface area (Å²) in [6.45, 7) is 1.41. The molecule has 0 aliphatic heterocycles. The van der Waals surface area contributed by atoms with Crippen LogP contribution in [0.25, 0.3) is 0 Å². The fourth-order valence-electron chi connectivity index (χ4n) is 2.56. The second kappa shape index (κ2) is 10.4. The first kappa shape index (κ1) is 19.8. The summed E-state index contributed by atoms with van der Waals surface area (Å²) in [6, 6.07) is 17.3. The van der Waals surface area contributed by atoms with Gasteiger partial charge in [0, 0.05) is 26.3 Å². The summed E-state index contributed by atoms with van der Waals surface area (Å²) in [7, 11) is 4.45. The molecule has 0 saturated carbocycles. The normalized spacial score (nSPS) is 11.8. The number of benzene rings is 2. The van der Waals surface area contributed by atoms with Crippen molar-refractivity contribution < 1.29 is 23.7 Å². The van der Waals surface area contributed by atoms with Crippen LogP contribution < -0.4 is 9.47 Å². The van der Waals surface area contributed by atoms with E-state index in [1.165, 1.54) is 14.2 Å². The van der Waals surface area contributed by atoms with Gasteiger partial charge in [-0.25, -0.2) is 4.79 Å². The monoisotopic (exact) mass is 359 g/mol. The smallest absolute Gasteiger partial charge is 0.350 e. The Morgan fingerprint density at radius 1 is 1.00 bits per heavy atom. The zero-order chi connectivity index (χ0) is 18.8. The molecular formula is C20H25NO5. The molecule has 2 rings (SSSR count). The van der Waals surface area contributed by atoms with E-state index in [0.29, 0.717) is 25.4 Å². The molecule has 0 amide bonds. The van der Waals surface area contributed by atoms with Gasteiger partial charge >= 0.3 is 5.97 Å². The predicted molar refractivity (Wildman–Crippen MR) is 98.2 cm³/mol. The van der Waals surface area contributed by atoms with Crippen LogP contribution in [0.1, 0.15) is 5.56 Å². The number of carbonyl (C=O) groups is 1. The van der Waals surface area contributed by atoms with Crippen molar-refractivity contribution in [3.63, 3.8) is 0 Å². The Labute approximate surface area is 154 Å². The highest BCUT2D eigenvalue weighted by Crippen LogP contribution is 2.19. The fourth-order valence-corrected chi connectivity index (χ4v) is 2.56. The Hall–Kier alpha value is -2.57. The molecule has 6 heteroatoms. The number of hydrogen-bond donors (Lipinski definition) is 0. The SMILES string of the molecule is COC(=O)C(OC)N(CCOc1cccc(OC)c1)Cc1ccccc1. The largest absolute Gasteiger partial charge is 0.497 e. The van der Waals surface area contributed by atoms with Gasteiger partial charge in [-0.3, -0.25) is 4.90 Å². The molecular weight excluding hydrogens is 334 g/mol. The molecule has 140 valence electrons. The Bertz CT molecular complexity index is 677. The van der Waals surface area contributed by atoms with E-state index in [9.17, 15) is 4.79 Å². The maximum atomic E-state index is 12.0. The van der Waals surface area contributed by atoms with Gasteiger partial charge in [-0.15, -0.1) is 0 Å². The highest BCUT2D eigenvalue weighted by molar-refractivity contribution is 5.74. The number of esters is 1. The third-order valence-corrected chi connectivity index (χ3v) is 3.87. The number of hydrogen-bond acceptors (Lipinski definition) is 6. The molecule has 0 bridgehead atoms. The molecule has 0 heterocycles. The van der Waals surface area contributed by atoms with Gasteiger partial charge in [0.15, 0.2) is 0 Å². The summed E-state index contributed by atoms with van der Waals surface area (Å²) in [6.07, 6.45) is -0.797. The van der Waals surface area contributed by atoms with Crippen LogP contribution in [-0.4, -0.2) is 51.6 Å². The van der Waals surface area contributed by atoms with Gasteiger partial charge in [0.2, 0.25) is 6.23 Å². The summed E-state index contributed by atoms with van der Waals surface area (Å²) < 4.78 is 21.2. The third kappa shape index (κ3) is 5.75. The predicted octanol–water partition coefficient (Wildman–Crippen LogP) is 2.72. The minimum atomic E-state index is -0.797. The number of ether oxygens (including phenoxy) is 4. The average Bonchev–Trinajstić information content (AvgIpc) is 2.69. The Balaban J connectivity index is 2.03. The van der Waals surface area contributed by atoms with Gasteiger partial charge < -0.3 is 18.9 Å². The fraction of sp³-hybridized carbons (Fsp3) is 0.350. The Morgan fingerprint density at radius 3 is 2.38 bits per heavy atom. The molecule has 0 fully saturated rings. The van der Waals surface area contributed by atoms with Gasteiger partial charge in [0.1, 0.15) is 18.1 Å². The molecule has 0 saturated heterocycles. The van der Waals surface area contributed by atoms with E-state index in [0.717, 1.165) is 11.3 Å². The van der Waals surface area contributed by atoms with Crippen molar-refractivity contribution >= 4 is 5.97 Å². The topological polar surface area (TPSA) is 57.2 Å². The maximum Gasteiger partial charge on any atom is 0.350 e. The molecule has 1 unspecified atom stereocenters. The van der Waals surface area contributed by atoms with Crippen molar-refractivity contribution in [2.75, 3.05) is 34.5 Å². The van der Waals surface area contributed by atoms with Crippen molar-refractivity contribution in [1.82, 2.24) is 4.90 Å². The molecule has 0 spiro atoms. The van der Waals surface area contributed by atoms with E-state index < -0.39 is 12.2 Å². The molecule has 0 radical (unpaired) electrons. The summed E-state index contributed by atoms with van der Waals surface area (Å²) in [5.74, 6) is 0.994. The lowest BCUT2D eigenvalue weighted by Gasteiger charge is -2.28. The Kier molecular flexibility index (Phi) is 7.92. The summed E-state index contributed by atoms with van der Waals surface area (Å²) >= 11 is 0. The van der Waals surface area contributed by atoms with Crippen LogP contribution in [0.4, 0.5) is 0 Å². The lowest BCUT2D eigenvalue weighted by atomic mass is 10.2. The van der Waals surface area contributed by atoms with Crippen LogP contribution in [0, 0.1) is 0 Å². The lowest BCUT2D eigenvalue weighted by Crippen LogP contribution is -2.44. The maximum absolute atomic E-state index is 12.0. The van der Waals surface area contributed by atoms with E-state index >= 15 is 0 Å². The van der Waals surface area contributed by atoms with Gasteiger partial charge in [-0.05, 0) is 17.7 Å². The van der Waals surface area contributed by atoms with E-state index in [2.05, 4.69) is 0 Å². The standard InChI is InChI=1S/C20H25NO5/c1-23-17-10-7-11-18(14-17)26-13-12-21(19(24-2)20(22)25-3)15-16-8-5-4-6-9-16/h4-11,14,19H,12-13,15H2,1-3H3. The minimum absolute atomic E-state index is 0.386. The number of nitrogens with zero attached hydrogens (tertiary/aromatic N) is 1. The molecule has 0 aliphatic rings. The highest BCUT2D eigenvalue weighted by atomic mass is 16.6. The third-order valence-electron chi connectivity index (χ3n) is 3.87. The second-order valence-corrected chi connectivity index (χ2v) is 5.59. The quantitative estimate of drug-likeness (QED) is 0.480. The molecule has 6 nitrogen and oxygen atoms in total. The zero-order valence-electron chi connectivity index (χ0n) is 15.4. The van der Waals surface area contributed by atoms with Crippen molar-refractivity contribution in [2.24, 2.45) is 0 Å². The first-order valence-corrected chi connectivity index (χ1v) is 8.33. The van der Waals surface area contributed by atoms with E-state index in [-0.39, 0.29) is 0 Å². The van der Waals surface area contributed by atoms with Gasteiger partial charge in [-0.2, -0.15) is 0 Å². The van der Waals surface area contributed by atoms with Crippen LogP contribution in [0.2, 0.25) is 0 Å². The van der Waals surface area contributed by atoms with Crippen molar-refractivity contribution in [3.05, 3.63) is 60.2 Å². The molecule has 26 heavy (non-hydrogen) atoms. The Morgan fingerprint density at radius 2 is 1.73 bits per heavy atom. The second-order valence-electron chi connectivity index (χ2n) is 5.59. The zero-order valence-corrected chi connectivity index (χ0v) is 15.4. The van der Waals surface area contributed by atoms with Gasteiger partial charge in [-0.1, -0.05) is 36.4 Å². The van der Waals surface area contributed by atoms with E-state index in [1.807, 2.05) is 59.5 Å². The van der Waals surface area contributed by atoms with E-state index in [4.69, 9.17) is 18.9 Å². The minimum Gasteiger partial charge on any atom is -0.497 e. The van der Waals surface area contributed by atoms with Crippen LogP contribution in [0.5, 0.6) is 11.5 Å².